The van der Waals surface area contributed by atoms with Gasteiger partial charge in [-0.3, -0.25) is 0 Å². The number of aromatic carboxylic acids is 1. The highest BCUT2D eigenvalue weighted by Crippen LogP contribution is 2.18. The van der Waals surface area contributed by atoms with Gasteiger partial charge in [-0.05, 0) is 18.1 Å². The van der Waals surface area contributed by atoms with Crippen LogP contribution in [0.1, 0.15) is 35.3 Å². The zero-order chi connectivity index (χ0) is 9.84. The van der Waals surface area contributed by atoms with Crippen LogP contribution in [0, 0.1) is 0 Å². The molecule has 78 valence electrons. The van der Waals surface area contributed by atoms with Crippen molar-refractivity contribution < 1.29 is 9.90 Å². The van der Waals surface area contributed by atoms with Gasteiger partial charge in [0, 0.05) is 6.04 Å². The molecule has 0 aliphatic carbocycles. The number of carbonyl (C=O) groups is 1. The van der Waals surface area contributed by atoms with Crippen LogP contribution in [0.3, 0.4) is 0 Å². The van der Waals surface area contributed by atoms with E-state index in [4.69, 9.17) is 10.8 Å². The van der Waals surface area contributed by atoms with Crippen molar-refractivity contribution in [3.8, 4) is 0 Å². The van der Waals surface area contributed by atoms with Crippen molar-refractivity contribution in [3.05, 3.63) is 35.4 Å². The second kappa shape index (κ2) is 5.62. The molecule has 0 aromatic heterocycles. The maximum atomic E-state index is 10.8. The van der Waals surface area contributed by atoms with Gasteiger partial charge in [-0.25, -0.2) is 4.79 Å². The number of carboxylic acid groups (broad SMARTS) is 1. The van der Waals surface area contributed by atoms with Crippen LogP contribution in [0.15, 0.2) is 24.3 Å². The lowest BCUT2D eigenvalue weighted by molar-refractivity contribution is 0.0695. The number of hydrogen-bond acceptors (Lipinski definition) is 2. The Bertz CT molecular complexity index is 315. The molecule has 3 nitrogen and oxygen atoms in total. The van der Waals surface area contributed by atoms with Crippen LogP contribution in [0.2, 0.25) is 0 Å². The van der Waals surface area contributed by atoms with Crippen molar-refractivity contribution in [1.82, 2.24) is 0 Å². The lowest BCUT2D eigenvalue weighted by atomic mass is 9.99. The molecular weight excluding hydrogens is 202 g/mol. The summed E-state index contributed by atoms with van der Waals surface area (Å²) in [6.07, 6.45) is 0.740. The second-order valence-electron chi connectivity index (χ2n) is 2.91. The molecule has 4 heteroatoms. The van der Waals surface area contributed by atoms with Crippen molar-refractivity contribution in [2.75, 3.05) is 0 Å². The van der Waals surface area contributed by atoms with Crippen molar-refractivity contribution in [1.29, 1.82) is 0 Å². The molecule has 14 heavy (non-hydrogen) atoms. The van der Waals surface area contributed by atoms with Crippen molar-refractivity contribution in [2.24, 2.45) is 5.73 Å². The molecule has 0 heterocycles. The van der Waals surface area contributed by atoms with E-state index in [1.54, 1.807) is 24.3 Å². The van der Waals surface area contributed by atoms with Crippen molar-refractivity contribution in [2.45, 2.75) is 19.4 Å². The molecule has 0 radical (unpaired) electrons. The minimum Gasteiger partial charge on any atom is -0.478 e. The Morgan fingerprint density at radius 1 is 1.50 bits per heavy atom. The van der Waals surface area contributed by atoms with Crippen LogP contribution < -0.4 is 5.73 Å². The van der Waals surface area contributed by atoms with Gasteiger partial charge < -0.3 is 10.8 Å². The molecule has 0 aliphatic heterocycles. The number of hydrogen-bond donors (Lipinski definition) is 2. The second-order valence-corrected chi connectivity index (χ2v) is 2.91. The first-order valence-electron chi connectivity index (χ1n) is 4.24. The van der Waals surface area contributed by atoms with E-state index in [1.165, 1.54) is 0 Å². The van der Waals surface area contributed by atoms with E-state index in [2.05, 4.69) is 0 Å². The maximum absolute atomic E-state index is 10.8. The zero-order valence-electron chi connectivity index (χ0n) is 7.93. The molecule has 0 saturated carbocycles. The first kappa shape index (κ1) is 12.9. The number of rotatable bonds is 3. The fourth-order valence-electron chi connectivity index (χ4n) is 1.24. The third-order valence-corrected chi connectivity index (χ3v) is 2.03. The van der Waals surface area contributed by atoms with Gasteiger partial charge in [0.25, 0.3) is 0 Å². The predicted octanol–water partition coefficient (Wildman–Crippen LogP) is 2.22. The van der Waals surface area contributed by atoms with Crippen molar-refractivity contribution >= 4 is 18.4 Å². The average Bonchev–Trinajstić information content (AvgIpc) is 2.16. The Kier molecular flexibility index (Phi) is 5.20. The highest BCUT2D eigenvalue weighted by molar-refractivity contribution is 5.89. The summed E-state index contributed by atoms with van der Waals surface area (Å²) in [4.78, 5) is 10.8. The van der Waals surface area contributed by atoms with Crippen molar-refractivity contribution in [3.63, 3.8) is 0 Å². The Balaban J connectivity index is 0.00000169. The summed E-state index contributed by atoms with van der Waals surface area (Å²) in [7, 11) is 0. The number of benzene rings is 1. The van der Waals surface area contributed by atoms with Gasteiger partial charge in [-0.15, -0.1) is 12.4 Å². The lowest BCUT2D eigenvalue weighted by Gasteiger charge is -2.11. The van der Waals surface area contributed by atoms with Gasteiger partial charge in [-0.1, -0.05) is 25.1 Å². The van der Waals surface area contributed by atoms with E-state index in [1.807, 2.05) is 6.92 Å². The van der Waals surface area contributed by atoms with E-state index in [0.717, 1.165) is 6.42 Å². The smallest absolute Gasteiger partial charge is 0.336 e. The summed E-state index contributed by atoms with van der Waals surface area (Å²) in [5, 5.41) is 8.85. The molecule has 0 aliphatic rings. The minimum atomic E-state index is -0.917. The summed E-state index contributed by atoms with van der Waals surface area (Å²) in [5.41, 5.74) is 6.78. The predicted molar refractivity (Wildman–Crippen MR) is 57.9 cm³/mol. The Hall–Kier alpha value is -1.06. The summed E-state index contributed by atoms with van der Waals surface area (Å²) in [6, 6.07) is 6.66. The van der Waals surface area contributed by atoms with E-state index in [9.17, 15) is 4.79 Å². The van der Waals surface area contributed by atoms with E-state index >= 15 is 0 Å². The average molecular weight is 216 g/mol. The lowest BCUT2D eigenvalue weighted by Crippen LogP contribution is -2.13. The molecule has 1 rings (SSSR count). The standard InChI is InChI=1S/C10H13NO2.ClH/c1-2-9(11)7-5-3-4-6-8(7)10(12)13;/h3-6,9H,2,11H2,1H3,(H,12,13);1H/t9-;/m1./s1. The van der Waals surface area contributed by atoms with Gasteiger partial charge in [0.2, 0.25) is 0 Å². The fraction of sp³-hybridized carbons (Fsp3) is 0.300. The molecule has 0 amide bonds. The van der Waals surface area contributed by atoms with Gasteiger partial charge >= 0.3 is 5.97 Å². The third kappa shape index (κ3) is 2.72. The Labute approximate surface area is 89.3 Å². The number of carboxylic acids is 1. The quantitative estimate of drug-likeness (QED) is 0.813. The SMILES string of the molecule is CC[C@@H](N)c1ccccc1C(=O)O.Cl. The monoisotopic (exact) mass is 215 g/mol. The Morgan fingerprint density at radius 2 is 2.07 bits per heavy atom. The Morgan fingerprint density at radius 3 is 2.57 bits per heavy atom. The first-order chi connectivity index (χ1) is 6.16. The number of nitrogens with two attached hydrogens (primary N) is 1. The van der Waals surface area contributed by atoms with Gasteiger partial charge in [-0.2, -0.15) is 0 Å². The van der Waals surface area contributed by atoms with Crippen LogP contribution in [0.5, 0.6) is 0 Å². The molecule has 0 saturated heterocycles. The highest BCUT2D eigenvalue weighted by atomic mass is 35.5. The summed E-state index contributed by atoms with van der Waals surface area (Å²) < 4.78 is 0. The molecule has 3 N–H and O–H groups in total. The molecule has 1 aromatic carbocycles. The molecule has 1 atom stereocenters. The van der Waals surface area contributed by atoms with E-state index in [0.29, 0.717) is 11.1 Å². The van der Waals surface area contributed by atoms with Crippen LogP contribution in [0.25, 0.3) is 0 Å². The molecule has 0 bridgehead atoms. The normalized spacial score (nSPS) is 11.6. The van der Waals surface area contributed by atoms with Crippen LogP contribution in [-0.4, -0.2) is 11.1 Å². The molecule has 0 spiro atoms. The summed E-state index contributed by atoms with van der Waals surface area (Å²) >= 11 is 0. The van der Waals surface area contributed by atoms with Crippen LogP contribution in [-0.2, 0) is 0 Å². The van der Waals surface area contributed by atoms with E-state index in [-0.39, 0.29) is 18.4 Å². The molecule has 0 unspecified atom stereocenters. The number of halogens is 1. The first-order valence-corrected chi connectivity index (χ1v) is 4.24. The van der Waals surface area contributed by atoms with Gasteiger partial charge in [0.15, 0.2) is 0 Å². The van der Waals surface area contributed by atoms with Gasteiger partial charge in [0.05, 0.1) is 5.56 Å². The fourth-order valence-corrected chi connectivity index (χ4v) is 1.24. The maximum Gasteiger partial charge on any atom is 0.336 e. The van der Waals surface area contributed by atoms with Crippen LogP contribution >= 0.6 is 12.4 Å². The minimum absolute atomic E-state index is 0. The topological polar surface area (TPSA) is 63.3 Å². The molecule has 0 fully saturated rings. The molecule has 1 aromatic rings. The summed E-state index contributed by atoms with van der Waals surface area (Å²) in [6.45, 7) is 1.93. The highest BCUT2D eigenvalue weighted by Gasteiger charge is 2.12. The summed E-state index contributed by atoms with van der Waals surface area (Å²) in [5.74, 6) is -0.917. The van der Waals surface area contributed by atoms with Crippen LogP contribution in [0.4, 0.5) is 0 Å². The van der Waals surface area contributed by atoms with Gasteiger partial charge in [0.1, 0.15) is 0 Å². The molecular formula is C10H14ClNO2. The third-order valence-electron chi connectivity index (χ3n) is 2.03. The van der Waals surface area contributed by atoms with E-state index < -0.39 is 5.97 Å². The zero-order valence-corrected chi connectivity index (χ0v) is 8.75. The largest absolute Gasteiger partial charge is 0.478 e.